The summed E-state index contributed by atoms with van der Waals surface area (Å²) in [5.74, 6) is -0.317. The van der Waals surface area contributed by atoms with Crippen LogP contribution in [0.15, 0.2) is 89.6 Å². The van der Waals surface area contributed by atoms with Crippen LogP contribution in [0.1, 0.15) is 11.1 Å². The fraction of sp³-hybridized carbons (Fsp3) is 0. The second-order valence-electron chi connectivity index (χ2n) is 6.06. The second-order valence-corrected chi connectivity index (χ2v) is 6.06. The van der Waals surface area contributed by atoms with Gasteiger partial charge in [0, 0.05) is 11.6 Å². The van der Waals surface area contributed by atoms with Gasteiger partial charge >= 0.3 is 5.97 Å². The number of benzene rings is 3. The number of aliphatic imine (C=N–C) groups is 1. The molecule has 6 nitrogen and oxygen atoms in total. The van der Waals surface area contributed by atoms with Crippen molar-refractivity contribution in [2.45, 2.75) is 0 Å². The molecule has 136 valence electrons. The molecule has 4 rings (SSSR count). The maximum absolute atomic E-state index is 12.2. The van der Waals surface area contributed by atoms with Gasteiger partial charge in [-0.1, -0.05) is 54.6 Å². The van der Waals surface area contributed by atoms with Crippen molar-refractivity contribution in [2.75, 3.05) is 0 Å². The summed E-state index contributed by atoms with van der Waals surface area (Å²) in [6.07, 6.45) is 4.59. The van der Waals surface area contributed by atoms with Crippen LogP contribution in [0.5, 0.6) is 0 Å². The molecule has 0 N–H and O–H groups in total. The van der Waals surface area contributed by atoms with Gasteiger partial charge in [-0.3, -0.25) is 10.1 Å². The lowest BCUT2D eigenvalue weighted by Gasteiger charge is -2.04. The van der Waals surface area contributed by atoms with E-state index < -0.39 is 10.9 Å². The number of para-hydroxylation sites is 1. The van der Waals surface area contributed by atoms with Crippen molar-refractivity contribution in [3.8, 4) is 0 Å². The third-order valence-electron chi connectivity index (χ3n) is 4.30. The van der Waals surface area contributed by atoms with E-state index in [1.807, 2.05) is 42.5 Å². The molecule has 0 aromatic heterocycles. The fourth-order valence-electron chi connectivity index (χ4n) is 2.99. The van der Waals surface area contributed by atoms with Crippen LogP contribution in [-0.4, -0.2) is 16.8 Å². The molecular formula is C22H14N2O4. The van der Waals surface area contributed by atoms with Crippen LogP contribution < -0.4 is 0 Å². The summed E-state index contributed by atoms with van der Waals surface area (Å²) in [6.45, 7) is 0. The zero-order valence-electron chi connectivity index (χ0n) is 14.6. The molecule has 3 aromatic carbocycles. The van der Waals surface area contributed by atoms with E-state index in [0.29, 0.717) is 5.56 Å². The fourth-order valence-corrected chi connectivity index (χ4v) is 2.99. The molecule has 0 saturated heterocycles. The molecule has 0 aliphatic carbocycles. The molecule has 0 radical (unpaired) electrons. The number of esters is 1. The molecule has 0 atom stereocenters. The maximum atomic E-state index is 12.2. The van der Waals surface area contributed by atoms with Crippen LogP contribution >= 0.6 is 0 Å². The largest absolute Gasteiger partial charge is 0.402 e. The number of allylic oxidation sites excluding steroid dienone is 2. The topological polar surface area (TPSA) is 81.8 Å². The Bertz CT molecular complexity index is 1190. The van der Waals surface area contributed by atoms with Gasteiger partial charge < -0.3 is 4.74 Å². The average molecular weight is 370 g/mol. The van der Waals surface area contributed by atoms with Gasteiger partial charge in [-0.05, 0) is 35.1 Å². The van der Waals surface area contributed by atoms with Gasteiger partial charge in [0.2, 0.25) is 5.90 Å². The first kappa shape index (κ1) is 17.4. The number of nitrogens with zero attached hydrogens (tertiary/aromatic N) is 2. The number of cyclic esters (lactones) is 1. The van der Waals surface area contributed by atoms with Crippen molar-refractivity contribution in [3.63, 3.8) is 0 Å². The predicted molar refractivity (Wildman–Crippen MR) is 107 cm³/mol. The standard InChI is InChI=1S/C22H14N2O4/c25-22-19(13-6-10-16-8-2-4-14-20(16)24(26)27)23-21(28-22)18-12-5-9-15-7-1-3-11-17(15)18/h1-14H. The lowest BCUT2D eigenvalue weighted by atomic mass is 10.0. The Balaban J connectivity index is 1.65. The number of hydrogen-bond donors (Lipinski definition) is 0. The second kappa shape index (κ2) is 7.28. The summed E-state index contributed by atoms with van der Waals surface area (Å²) in [6, 6.07) is 19.8. The molecule has 0 fully saturated rings. The summed E-state index contributed by atoms with van der Waals surface area (Å²) in [4.78, 5) is 27.1. The SMILES string of the molecule is O=C1OC(c2cccc3ccccc23)=NC1=CC=Cc1ccccc1[N+](=O)[O-]. The van der Waals surface area contributed by atoms with Gasteiger partial charge in [-0.2, -0.15) is 0 Å². The average Bonchev–Trinajstić information content (AvgIpc) is 3.08. The number of carbonyl (C=O) groups excluding carboxylic acids is 1. The Hall–Kier alpha value is -4.06. The predicted octanol–water partition coefficient (Wildman–Crippen LogP) is 4.65. The van der Waals surface area contributed by atoms with Crippen molar-refractivity contribution < 1.29 is 14.5 Å². The van der Waals surface area contributed by atoms with Crippen LogP contribution in [-0.2, 0) is 9.53 Å². The molecule has 6 heteroatoms. The lowest BCUT2D eigenvalue weighted by molar-refractivity contribution is -0.385. The first-order chi connectivity index (χ1) is 13.6. The summed E-state index contributed by atoms with van der Waals surface area (Å²) < 4.78 is 5.33. The highest BCUT2D eigenvalue weighted by Crippen LogP contribution is 2.24. The summed E-state index contributed by atoms with van der Waals surface area (Å²) in [7, 11) is 0. The molecule has 1 aliphatic rings. The highest BCUT2D eigenvalue weighted by Gasteiger charge is 2.24. The zero-order valence-corrected chi connectivity index (χ0v) is 14.6. The molecule has 0 saturated carbocycles. The van der Waals surface area contributed by atoms with Crippen LogP contribution in [0.2, 0.25) is 0 Å². The van der Waals surface area contributed by atoms with E-state index in [0.717, 1.165) is 16.3 Å². The van der Waals surface area contributed by atoms with E-state index in [9.17, 15) is 14.9 Å². The molecule has 0 unspecified atom stereocenters. The molecule has 0 bridgehead atoms. The summed E-state index contributed by atoms with van der Waals surface area (Å²) >= 11 is 0. The van der Waals surface area contributed by atoms with E-state index >= 15 is 0 Å². The highest BCUT2D eigenvalue weighted by atomic mass is 16.6. The lowest BCUT2D eigenvalue weighted by Crippen LogP contribution is -2.05. The van der Waals surface area contributed by atoms with Gasteiger partial charge in [0.15, 0.2) is 5.70 Å². The number of rotatable bonds is 4. The van der Waals surface area contributed by atoms with Gasteiger partial charge in [-0.25, -0.2) is 9.79 Å². The number of carbonyl (C=O) groups is 1. The van der Waals surface area contributed by atoms with Crippen LogP contribution in [0.4, 0.5) is 5.69 Å². The Morgan fingerprint density at radius 3 is 2.57 bits per heavy atom. The summed E-state index contributed by atoms with van der Waals surface area (Å²) in [5, 5.41) is 13.0. The Morgan fingerprint density at radius 2 is 1.71 bits per heavy atom. The number of nitro groups is 1. The van der Waals surface area contributed by atoms with Crippen molar-refractivity contribution >= 4 is 34.4 Å². The third kappa shape index (κ3) is 3.31. The van der Waals surface area contributed by atoms with E-state index in [1.54, 1.807) is 30.4 Å². The van der Waals surface area contributed by atoms with E-state index in [-0.39, 0.29) is 17.3 Å². The number of hydrogen-bond acceptors (Lipinski definition) is 5. The van der Waals surface area contributed by atoms with Gasteiger partial charge in [0.25, 0.3) is 5.69 Å². The first-order valence-corrected chi connectivity index (χ1v) is 8.54. The number of nitro benzene ring substituents is 1. The summed E-state index contributed by atoms with van der Waals surface area (Å²) in [5.41, 5.74) is 1.30. The molecule has 3 aromatic rings. The van der Waals surface area contributed by atoms with Crippen LogP contribution in [0.25, 0.3) is 16.8 Å². The van der Waals surface area contributed by atoms with E-state index in [1.165, 1.54) is 12.1 Å². The molecule has 0 spiro atoms. The van der Waals surface area contributed by atoms with Crippen molar-refractivity contribution in [3.05, 3.63) is 106 Å². The zero-order chi connectivity index (χ0) is 19.5. The first-order valence-electron chi connectivity index (χ1n) is 8.54. The molecule has 1 aliphatic heterocycles. The quantitative estimate of drug-likeness (QED) is 0.290. The Morgan fingerprint density at radius 1 is 0.964 bits per heavy atom. The van der Waals surface area contributed by atoms with Gasteiger partial charge in [0.05, 0.1) is 10.5 Å². The van der Waals surface area contributed by atoms with E-state index in [4.69, 9.17) is 4.74 Å². The van der Waals surface area contributed by atoms with Gasteiger partial charge in [-0.15, -0.1) is 0 Å². The third-order valence-corrected chi connectivity index (χ3v) is 4.30. The van der Waals surface area contributed by atoms with Crippen LogP contribution in [0.3, 0.4) is 0 Å². The highest BCUT2D eigenvalue weighted by molar-refractivity contribution is 6.16. The number of ether oxygens (including phenoxy) is 1. The van der Waals surface area contributed by atoms with E-state index in [2.05, 4.69) is 4.99 Å². The van der Waals surface area contributed by atoms with Crippen molar-refractivity contribution in [2.24, 2.45) is 4.99 Å². The minimum atomic E-state index is -0.560. The molecule has 1 heterocycles. The number of fused-ring (bicyclic) bond motifs is 1. The van der Waals surface area contributed by atoms with Gasteiger partial charge in [0.1, 0.15) is 0 Å². The Labute approximate surface area is 160 Å². The van der Waals surface area contributed by atoms with Crippen molar-refractivity contribution in [1.29, 1.82) is 0 Å². The molecule has 28 heavy (non-hydrogen) atoms. The smallest absolute Gasteiger partial charge is 0.363 e. The normalized spacial score (nSPS) is 15.2. The van der Waals surface area contributed by atoms with Crippen LogP contribution in [0, 0.1) is 10.1 Å². The molecular weight excluding hydrogens is 356 g/mol. The van der Waals surface area contributed by atoms with Crippen molar-refractivity contribution in [1.82, 2.24) is 0 Å². The minimum absolute atomic E-state index is 0.00825. The monoisotopic (exact) mass is 370 g/mol. The maximum Gasteiger partial charge on any atom is 0.363 e. The Kier molecular flexibility index (Phi) is 4.51. The minimum Gasteiger partial charge on any atom is -0.402 e. The molecule has 0 amide bonds.